The van der Waals surface area contributed by atoms with Crippen molar-refractivity contribution >= 4 is 6.03 Å². The number of nitrogens with zero attached hydrogens (tertiary/aromatic N) is 3. The first-order valence-corrected chi connectivity index (χ1v) is 7.59. The lowest BCUT2D eigenvalue weighted by Crippen LogP contribution is -3.00. The maximum absolute atomic E-state index is 12.4. The number of hydrogen-bond donors (Lipinski definition) is 0. The number of halogens is 1. The summed E-state index contributed by atoms with van der Waals surface area (Å²) in [4.78, 5) is 14.3. The monoisotopic (exact) mass is 411 g/mol. The van der Waals surface area contributed by atoms with Crippen LogP contribution in [-0.2, 0) is 13.5 Å². The van der Waals surface area contributed by atoms with Crippen LogP contribution in [0.4, 0.5) is 4.79 Å². The number of aromatic nitrogens is 2. The lowest BCUT2D eigenvalue weighted by molar-refractivity contribution is -0.670. The number of hydrogen-bond acceptors (Lipinski definition) is 1. The second-order valence-electron chi connectivity index (χ2n) is 5.89. The highest BCUT2D eigenvalue weighted by atomic mass is 127. The van der Waals surface area contributed by atoms with Crippen molar-refractivity contribution in [1.82, 2.24) is 9.47 Å². The summed E-state index contributed by atoms with van der Waals surface area (Å²) < 4.78 is 3.55. The molecule has 3 rings (SSSR count). The Morgan fingerprint density at radius 1 is 1.23 bits per heavy atom. The zero-order chi connectivity index (χ0) is 14.7. The van der Waals surface area contributed by atoms with Crippen LogP contribution in [0.3, 0.4) is 0 Å². The molecule has 1 amide bonds. The first-order chi connectivity index (χ1) is 10.2. The van der Waals surface area contributed by atoms with E-state index in [1.54, 1.807) is 4.57 Å². The lowest BCUT2D eigenvalue weighted by atomic mass is 9.90. The van der Waals surface area contributed by atoms with Gasteiger partial charge >= 0.3 is 6.03 Å². The molecule has 118 valence electrons. The van der Waals surface area contributed by atoms with Crippen LogP contribution in [0.5, 0.6) is 0 Å². The smallest absolute Gasteiger partial charge is 0.415 e. The average Bonchev–Trinajstić information content (AvgIpc) is 2.95. The molecule has 22 heavy (non-hydrogen) atoms. The van der Waals surface area contributed by atoms with Gasteiger partial charge in [0.05, 0.1) is 7.05 Å². The third-order valence-electron chi connectivity index (χ3n) is 4.24. The number of carbonyl (C=O) groups is 1. The van der Waals surface area contributed by atoms with Crippen molar-refractivity contribution in [3.05, 3.63) is 54.6 Å². The van der Waals surface area contributed by atoms with E-state index in [1.165, 1.54) is 5.56 Å². The van der Waals surface area contributed by atoms with Crippen molar-refractivity contribution in [2.24, 2.45) is 13.0 Å². The van der Waals surface area contributed by atoms with Crippen molar-refractivity contribution in [2.75, 3.05) is 13.1 Å². The number of imidazole rings is 1. The van der Waals surface area contributed by atoms with E-state index in [2.05, 4.69) is 30.3 Å². The maximum atomic E-state index is 12.4. The fourth-order valence-electron chi connectivity index (χ4n) is 3.00. The molecule has 4 nitrogen and oxygen atoms in total. The van der Waals surface area contributed by atoms with Crippen LogP contribution in [0.25, 0.3) is 0 Å². The second-order valence-corrected chi connectivity index (χ2v) is 5.89. The summed E-state index contributed by atoms with van der Waals surface area (Å²) in [5.74, 6) is 0.692. The Balaban J connectivity index is 0.00000176. The van der Waals surface area contributed by atoms with E-state index in [0.29, 0.717) is 5.92 Å². The van der Waals surface area contributed by atoms with Gasteiger partial charge in [0.15, 0.2) is 0 Å². The molecular formula is C17H22IN3O. The summed E-state index contributed by atoms with van der Waals surface area (Å²) in [5.41, 5.74) is 1.40. The van der Waals surface area contributed by atoms with Gasteiger partial charge in [-0.25, -0.2) is 9.36 Å². The first-order valence-electron chi connectivity index (χ1n) is 7.59. The fraction of sp³-hybridized carbons (Fsp3) is 0.412. The Bertz CT molecular complexity index is 603. The third-order valence-corrected chi connectivity index (χ3v) is 4.24. The zero-order valence-corrected chi connectivity index (χ0v) is 15.0. The molecule has 0 aliphatic carbocycles. The zero-order valence-electron chi connectivity index (χ0n) is 12.9. The van der Waals surface area contributed by atoms with Crippen molar-refractivity contribution in [3.8, 4) is 0 Å². The van der Waals surface area contributed by atoms with E-state index in [1.807, 2.05) is 35.2 Å². The minimum absolute atomic E-state index is 0. The van der Waals surface area contributed by atoms with Crippen LogP contribution in [0.2, 0.25) is 0 Å². The predicted molar refractivity (Wildman–Crippen MR) is 80.8 cm³/mol. The van der Waals surface area contributed by atoms with Crippen molar-refractivity contribution in [3.63, 3.8) is 0 Å². The average molecular weight is 411 g/mol. The largest absolute Gasteiger partial charge is 1.00 e. The molecule has 1 fully saturated rings. The van der Waals surface area contributed by atoms with Crippen molar-refractivity contribution in [1.29, 1.82) is 0 Å². The van der Waals surface area contributed by atoms with E-state index < -0.39 is 0 Å². The Morgan fingerprint density at radius 2 is 1.91 bits per heavy atom. The van der Waals surface area contributed by atoms with Gasteiger partial charge in [0, 0.05) is 13.1 Å². The number of likely N-dealkylation sites (tertiary alicyclic amines) is 1. The highest BCUT2D eigenvalue weighted by Crippen LogP contribution is 2.22. The molecule has 0 radical (unpaired) electrons. The quantitative estimate of drug-likeness (QED) is 0.472. The predicted octanol–water partition coefficient (Wildman–Crippen LogP) is -0.761. The summed E-state index contributed by atoms with van der Waals surface area (Å²) in [6, 6.07) is 10.7. The molecule has 0 bridgehead atoms. The standard InChI is InChI=1S/C17H22N3O.HI/c1-18-11-12-20(14-18)17(21)19-9-7-16(8-10-19)13-15-5-3-2-4-6-15;/h2-6,11-12,14,16H,7-10,13H2,1H3;1H/q+1;/p-1. The van der Waals surface area contributed by atoms with Gasteiger partial charge in [0.25, 0.3) is 6.33 Å². The molecule has 0 atom stereocenters. The van der Waals surface area contributed by atoms with Gasteiger partial charge in [0.1, 0.15) is 12.4 Å². The number of amides is 1. The summed E-state index contributed by atoms with van der Waals surface area (Å²) in [5, 5.41) is 0. The molecule has 1 aromatic carbocycles. The molecule has 1 saturated heterocycles. The van der Waals surface area contributed by atoms with Crippen LogP contribution in [0.15, 0.2) is 49.1 Å². The van der Waals surface area contributed by atoms with E-state index >= 15 is 0 Å². The molecule has 5 heteroatoms. The molecule has 2 heterocycles. The van der Waals surface area contributed by atoms with Crippen molar-refractivity contribution in [2.45, 2.75) is 19.3 Å². The van der Waals surface area contributed by atoms with Crippen LogP contribution < -0.4 is 28.5 Å². The molecular weight excluding hydrogens is 389 g/mol. The van der Waals surface area contributed by atoms with Crippen LogP contribution in [0, 0.1) is 5.92 Å². The minimum Gasteiger partial charge on any atom is -1.00 e. The Kier molecular flexibility index (Phi) is 5.99. The van der Waals surface area contributed by atoms with E-state index in [9.17, 15) is 4.79 Å². The van der Waals surface area contributed by atoms with Gasteiger partial charge in [0.2, 0.25) is 0 Å². The minimum atomic E-state index is 0. The second kappa shape index (κ2) is 7.76. The van der Waals surface area contributed by atoms with Crippen LogP contribution in [-0.4, -0.2) is 28.6 Å². The topological polar surface area (TPSA) is 29.1 Å². The van der Waals surface area contributed by atoms with Gasteiger partial charge in [-0.1, -0.05) is 30.3 Å². The lowest BCUT2D eigenvalue weighted by Gasteiger charge is -2.30. The van der Waals surface area contributed by atoms with Crippen LogP contribution >= 0.6 is 0 Å². The van der Waals surface area contributed by atoms with Gasteiger partial charge in [-0.2, -0.15) is 4.57 Å². The normalized spacial score (nSPS) is 15.4. The van der Waals surface area contributed by atoms with Gasteiger partial charge in [-0.15, -0.1) is 0 Å². The molecule has 1 aliphatic rings. The summed E-state index contributed by atoms with van der Waals surface area (Å²) in [6.45, 7) is 1.72. The molecule has 1 aromatic heterocycles. The molecule has 0 unspecified atom stereocenters. The van der Waals surface area contributed by atoms with Crippen LogP contribution in [0.1, 0.15) is 18.4 Å². The van der Waals surface area contributed by atoms with Gasteiger partial charge in [-0.05, 0) is 30.7 Å². The highest BCUT2D eigenvalue weighted by molar-refractivity contribution is 5.76. The summed E-state index contributed by atoms with van der Waals surface area (Å²) >= 11 is 0. The first kappa shape index (κ1) is 17.0. The molecule has 1 aliphatic heterocycles. The molecule has 2 aromatic rings. The fourth-order valence-corrected chi connectivity index (χ4v) is 3.00. The van der Waals surface area contributed by atoms with Gasteiger partial charge < -0.3 is 28.9 Å². The highest BCUT2D eigenvalue weighted by Gasteiger charge is 2.26. The SMILES string of the molecule is C[n+]1ccn(C(=O)N2CCC(Cc3ccccc3)CC2)c1.[I-]. The molecule has 0 saturated carbocycles. The van der Waals surface area contributed by atoms with E-state index in [4.69, 9.17) is 0 Å². The van der Waals surface area contributed by atoms with Gasteiger partial charge in [-0.3, -0.25) is 0 Å². The molecule has 0 N–H and O–H groups in total. The van der Waals surface area contributed by atoms with E-state index in [-0.39, 0.29) is 30.0 Å². The van der Waals surface area contributed by atoms with Crippen molar-refractivity contribution < 1.29 is 33.3 Å². The third kappa shape index (κ3) is 4.09. The number of aryl methyl sites for hydroxylation is 1. The number of benzene rings is 1. The number of piperidine rings is 1. The Hall–Kier alpha value is -1.37. The van der Waals surface area contributed by atoms with E-state index in [0.717, 1.165) is 32.4 Å². The summed E-state index contributed by atoms with van der Waals surface area (Å²) in [7, 11) is 1.93. The maximum Gasteiger partial charge on any atom is 0.415 e. The Morgan fingerprint density at radius 3 is 2.50 bits per heavy atom. The molecule has 0 spiro atoms. The number of rotatable bonds is 2. The number of carbonyl (C=O) groups excluding carboxylic acids is 1. The Labute approximate surface area is 148 Å². The summed E-state index contributed by atoms with van der Waals surface area (Å²) in [6.07, 6.45) is 8.83.